The van der Waals surface area contributed by atoms with Crippen molar-refractivity contribution in [3.05, 3.63) is 72.1 Å². The maximum atomic E-state index is 13.9. The van der Waals surface area contributed by atoms with E-state index in [1.165, 1.54) is 6.08 Å². The second-order valence-corrected chi connectivity index (χ2v) is 7.73. The highest BCUT2D eigenvalue weighted by atomic mass is 19.1. The monoisotopic (exact) mass is 396 g/mol. The predicted molar refractivity (Wildman–Crippen MR) is 108 cm³/mol. The van der Waals surface area contributed by atoms with Gasteiger partial charge in [-0.15, -0.1) is 0 Å². The summed E-state index contributed by atoms with van der Waals surface area (Å²) in [5.74, 6) is -3.23. The number of rotatable bonds is 7. The lowest BCUT2D eigenvalue weighted by Crippen LogP contribution is -2.10. The fraction of sp³-hybridized carbons (Fsp3) is 0.333. The highest BCUT2D eigenvalue weighted by Crippen LogP contribution is 2.60. The van der Waals surface area contributed by atoms with Gasteiger partial charge in [-0.3, -0.25) is 4.79 Å². The molecule has 0 aromatic heterocycles. The molecule has 0 radical (unpaired) electrons. The van der Waals surface area contributed by atoms with Crippen LogP contribution in [-0.2, 0) is 25.7 Å². The van der Waals surface area contributed by atoms with Gasteiger partial charge in [-0.05, 0) is 47.1 Å². The Morgan fingerprint density at radius 1 is 1.03 bits per heavy atom. The number of benzene rings is 2. The molecule has 5 heteroatoms. The molecule has 1 fully saturated rings. The summed E-state index contributed by atoms with van der Waals surface area (Å²) in [6.07, 6.45) is 1.18. The summed E-state index contributed by atoms with van der Waals surface area (Å²) < 4.78 is 24.1. The van der Waals surface area contributed by atoms with Crippen LogP contribution in [0.4, 0.5) is 4.39 Å². The zero-order chi connectivity index (χ0) is 21.0. The van der Waals surface area contributed by atoms with E-state index in [0.29, 0.717) is 0 Å². The van der Waals surface area contributed by atoms with Crippen molar-refractivity contribution in [1.29, 1.82) is 0 Å². The van der Waals surface area contributed by atoms with Crippen LogP contribution in [0.1, 0.15) is 26.3 Å². The summed E-state index contributed by atoms with van der Waals surface area (Å²) in [7, 11) is 0. The first kappa shape index (κ1) is 20.8. The topological polar surface area (TPSA) is 52.6 Å². The van der Waals surface area contributed by atoms with Crippen molar-refractivity contribution in [3.8, 4) is 11.1 Å². The fourth-order valence-corrected chi connectivity index (χ4v) is 3.58. The van der Waals surface area contributed by atoms with Crippen LogP contribution >= 0.6 is 0 Å². The number of halogens is 1. The third-order valence-electron chi connectivity index (χ3n) is 5.38. The molecule has 0 bridgehead atoms. The maximum absolute atomic E-state index is 13.9. The average molecular weight is 396 g/mol. The number of hydrogen-bond donors (Lipinski definition) is 0. The van der Waals surface area contributed by atoms with E-state index in [2.05, 4.69) is 4.74 Å². The van der Waals surface area contributed by atoms with Crippen LogP contribution in [0, 0.1) is 17.3 Å². The van der Waals surface area contributed by atoms with Crippen molar-refractivity contribution >= 4 is 11.9 Å². The van der Waals surface area contributed by atoms with E-state index in [1.807, 2.05) is 68.4 Å². The lowest BCUT2D eigenvalue weighted by molar-refractivity contribution is -0.147. The highest BCUT2D eigenvalue weighted by molar-refractivity contribution is 5.87. The van der Waals surface area contributed by atoms with E-state index in [4.69, 9.17) is 4.74 Å². The molecule has 0 amide bonds. The molecule has 3 rings (SSSR count). The number of carbonyl (C=O) groups is 2. The van der Waals surface area contributed by atoms with Gasteiger partial charge in [-0.2, -0.15) is 4.39 Å². The Bertz CT molecular complexity index is 917. The van der Waals surface area contributed by atoms with Gasteiger partial charge in [-0.1, -0.05) is 62.4 Å². The highest BCUT2D eigenvalue weighted by Gasteiger charge is 2.62. The second-order valence-electron chi connectivity index (χ2n) is 7.73. The van der Waals surface area contributed by atoms with Gasteiger partial charge in [0.15, 0.2) is 0 Å². The van der Waals surface area contributed by atoms with Crippen LogP contribution < -0.4 is 0 Å². The van der Waals surface area contributed by atoms with Gasteiger partial charge in [0, 0.05) is 0 Å². The van der Waals surface area contributed by atoms with Gasteiger partial charge in [-0.25, -0.2) is 4.79 Å². The van der Waals surface area contributed by atoms with Gasteiger partial charge < -0.3 is 9.47 Å². The van der Waals surface area contributed by atoms with Gasteiger partial charge in [0.05, 0.1) is 12.5 Å². The second kappa shape index (κ2) is 8.60. The number of hydrogen-bond acceptors (Lipinski definition) is 4. The SMILES string of the molecule is CCOC(=O)/C(F)=C\[C@H]1[C@@H](C(=O)OCc2cccc(-c3ccccc3)c2)C1(C)C. The van der Waals surface area contributed by atoms with Crippen molar-refractivity contribution < 1.29 is 23.5 Å². The molecule has 1 aliphatic rings. The molecule has 4 nitrogen and oxygen atoms in total. The Labute approximate surface area is 170 Å². The molecular formula is C24H25FO4. The first-order chi connectivity index (χ1) is 13.8. The van der Waals surface area contributed by atoms with Crippen LogP contribution in [0.25, 0.3) is 11.1 Å². The standard InChI is InChI=1S/C24H25FO4/c1-4-28-22(26)20(25)14-19-21(24(19,2)3)23(27)29-15-16-9-8-12-18(13-16)17-10-6-5-7-11-17/h5-14,19,21H,4,15H2,1-3H3/b20-14+/t19-,21-/m0/s1. The molecule has 1 saturated carbocycles. The summed E-state index contributed by atoms with van der Waals surface area (Å²) in [4.78, 5) is 24.0. The molecule has 152 valence electrons. The molecule has 1 aliphatic carbocycles. The van der Waals surface area contributed by atoms with E-state index in [9.17, 15) is 14.0 Å². The smallest absolute Gasteiger partial charge is 0.366 e. The minimum absolute atomic E-state index is 0.0989. The quantitative estimate of drug-likeness (QED) is 0.483. The molecule has 2 atom stereocenters. The van der Waals surface area contributed by atoms with Crippen LogP contribution in [0.3, 0.4) is 0 Å². The molecule has 2 aromatic rings. The molecule has 0 spiro atoms. The Hall–Kier alpha value is -2.95. The third-order valence-corrected chi connectivity index (χ3v) is 5.38. The first-order valence-electron chi connectivity index (χ1n) is 9.70. The molecule has 0 heterocycles. The average Bonchev–Trinajstić information content (AvgIpc) is 3.27. The summed E-state index contributed by atoms with van der Waals surface area (Å²) in [6, 6.07) is 17.8. The van der Waals surface area contributed by atoms with E-state index in [-0.39, 0.29) is 13.2 Å². The van der Waals surface area contributed by atoms with Crippen molar-refractivity contribution in [2.45, 2.75) is 27.4 Å². The zero-order valence-electron chi connectivity index (χ0n) is 16.9. The number of allylic oxidation sites excluding steroid dienone is 1. The maximum Gasteiger partial charge on any atom is 0.366 e. The van der Waals surface area contributed by atoms with Crippen LogP contribution in [0.2, 0.25) is 0 Å². The number of esters is 2. The molecular weight excluding hydrogens is 371 g/mol. The van der Waals surface area contributed by atoms with E-state index < -0.39 is 35.0 Å². The van der Waals surface area contributed by atoms with Crippen molar-refractivity contribution in [2.75, 3.05) is 6.61 Å². The van der Waals surface area contributed by atoms with Gasteiger partial charge >= 0.3 is 11.9 Å². The van der Waals surface area contributed by atoms with Crippen LogP contribution in [0.15, 0.2) is 66.5 Å². The van der Waals surface area contributed by atoms with Crippen molar-refractivity contribution in [1.82, 2.24) is 0 Å². The molecule has 0 saturated heterocycles. The Morgan fingerprint density at radius 3 is 2.41 bits per heavy atom. The molecule has 0 aliphatic heterocycles. The summed E-state index contributed by atoms with van der Waals surface area (Å²) >= 11 is 0. The fourth-order valence-electron chi connectivity index (χ4n) is 3.58. The Morgan fingerprint density at radius 2 is 1.72 bits per heavy atom. The zero-order valence-corrected chi connectivity index (χ0v) is 16.9. The number of carbonyl (C=O) groups excluding carboxylic acids is 2. The minimum atomic E-state index is -1.000. The van der Waals surface area contributed by atoms with E-state index in [0.717, 1.165) is 16.7 Å². The van der Waals surface area contributed by atoms with Crippen molar-refractivity contribution in [3.63, 3.8) is 0 Å². The lowest BCUT2D eigenvalue weighted by Gasteiger charge is -2.08. The largest absolute Gasteiger partial charge is 0.461 e. The molecule has 0 N–H and O–H groups in total. The minimum Gasteiger partial charge on any atom is -0.461 e. The Balaban J connectivity index is 1.63. The third kappa shape index (κ3) is 4.73. The van der Waals surface area contributed by atoms with Gasteiger partial charge in [0.2, 0.25) is 5.83 Å². The van der Waals surface area contributed by atoms with Crippen LogP contribution in [0.5, 0.6) is 0 Å². The summed E-state index contributed by atoms with van der Waals surface area (Å²) in [5.41, 5.74) is 2.54. The van der Waals surface area contributed by atoms with Crippen molar-refractivity contribution in [2.24, 2.45) is 17.3 Å². The molecule has 0 unspecified atom stereocenters. The van der Waals surface area contributed by atoms with Crippen LogP contribution in [-0.4, -0.2) is 18.5 Å². The van der Waals surface area contributed by atoms with Gasteiger partial charge in [0.1, 0.15) is 6.61 Å². The molecule has 2 aromatic carbocycles. The van der Waals surface area contributed by atoms with E-state index >= 15 is 0 Å². The summed E-state index contributed by atoms with van der Waals surface area (Å²) in [6.45, 7) is 5.56. The van der Waals surface area contributed by atoms with Gasteiger partial charge in [0.25, 0.3) is 0 Å². The Kier molecular flexibility index (Phi) is 6.16. The lowest BCUT2D eigenvalue weighted by atomic mass is 10.0. The predicted octanol–water partition coefficient (Wildman–Crippen LogP) is 5.09. The summed E-state index contributed by atoms with van der Waals surface area (Å²) in [5, 5.41) is 0. The van der Waals surface area contributed by atoms with E-state index in [1.54, 1.807) is 6.92 Å². The first-order valence-corrected chi connectivity index (χ1v) is 9.70. The normalized spacial score (nSPS) is 20.1. The number of ether oxygens (including phenoxy) is 2. The molecule has 29 heavy (non-hydrogen) atoms.